The fourth-order valence-electron chi connectivity index (χ4n) is 2.17. The van der Waals surface area contributed by atoms with Gasteiger partial charge in [0.1, 0.15) is 11.5 Å². The van der Waals surface area contributed by atoms with Gasteiger partial charge in [0.15, 0.2) is 5.78 Å². The van der Waals surface area contributed by atoms with Crippen LogP contribution in [0.4, 0.5) is 27.8 Å². The number of rotatable bonds is 9. The van der Waals surface area contributed by atoms with Gasteiger partial charge in [0, 0.05) is 6.07 Å². The molecule has 1 rings (SSSR count). The molecule has 0 aromatic carbocycles. The van der Waals surface area contributed by atoms with E-state index in [1.54, 1.807) is 6.92 Å². The van der Waals surface area contributed by atoms with Crippen LogP contribution in [0.2, 0.25) is 0 Å². The number of Topliss-reactive ketones (excluding diaryl/α,β-unsaturated/α-hetero) is 1. The van der Waals surface area contributed by atoms with E-state index in [4.69, 9.17) is 10.5 Å². The molecule has 0 saturated carbocycles. The summed E-state index contributed by atoms with van der Waals surface area (Å²) in [6, 6.07) is 0.656. The van der Waals surface area contributed by atoms with Crippen molar-refractivity contribution in [3.8, 4) is 0 Å². The van der Waals surface area contributed by atoms with Crippen LogP contribution in [-0.2, 0) is 9.53 Å². The average Bonchev–Trinajstić information content (AvgIpc) is 2.50. The monoisotopic (exact) mass is 369 g/mol. The van der Waals surface area contributed by atoms with Gasteiger partial charge in [-0.3, -0.25) is 20.2 Å². The Bertz CT molecular complexity index is 650. The molecule has 0 aliphatic rings. The molecule has 4 N–H and O–H groups in total. The van der Waals surface area contributed by atoms with E-state index in [1.165, 1.54) is 13.0 Å². The molecule has 146 valence electrons. The van der Waals surface area contributed by atoms with E-state index in [9.17, 15) is 19.7 Å². The van der Waals surface area contributed by atoms with Crippen LogP contribution in [0.3, 0.4) is 0 Å². The fraction of sp³-hybridized carbons (Fsp3) is 0.562. The minimum Gasteiger partial charge on any atom is -0.450 e. The Morgan fingerprint density at radius 1 is 1.42 bits per heavy atom. The van der Waals surface area contributed by atoms with E-state index in [2.05, 4.69) is 15.6 Å². The van der Waals surface area contributed by atoms with Crippen LogP contribution in [0.15, 0.2) is 6.07 Å². The number of carbonyl (C=O) groups excluding carboxylic acids is 2. The molecule has 1 amide bonds. The van der Waals surface area contributed by atoms with E-state index in [0.29, 0.717) is 6.42 Å². The van der Waals surface area contributed by atoms with Crippen molar-refractivity contribution in [3.05, 3.63) is 16.2 Å². The first-order valence-corrected chi connectivity index (χ1v) is 7.95. The normalized spacial score (nSPS) is 11.0. The molecule has 0 fully saturated rings. The second-order valence-corrected chi connectivity index (χ2v) is 5.34. The summed E-state index contributed by atoms with van der Waals surface area (Å²) in [6.07, 6.45) is 1.41. The van der Waals surface area contributed by atoms with Crippen molar-refractivity contribution in [3.63, 3.8) is 0 Å². The number of pyridine rings is 1. The maximum atomic E-state index is 11.8. The van der Waals surface area contributed by atoms with Crippen LogP contribution in [0.25, 0.3) is 0 Å². The number of ketones is 1. The maximum Gasteiger partial charge on any atom is 0.412 e. The fourth-order valence-corrected chi connectivity index (χ4v) is 2.17. The summed E-state index contributed by atoms with van der Waals surface area (Å²) in [4.78, 5) is 37.7. The van der Waals surface area contributed by atoms with Crippen LogP contribution in [-0.4, -0.2) is 34.4 Å². The molecule has 1 atom stereocenters. The van der Waals surface area contributed by atoms with Crippen molar-refractivity contribution in [2.75, 3.05) is 23.0 Å². The first-order chi connectivity index (χ1) is 11.8. The van der Waals surface area contributed by atoms with Gasteiger partial charge in [0.2, 0.25) is 5.82 Å². The molecule has 0 spiro atoms. The second kappa shape index (κ2) is 10.9. The smallest absolute Gasteiger partial charge is 0.412 e. The third kappa shape index (κ3) is 6.54. The molecule has 10 heteroatoms. The van der Waals surface area contributed by atoms with Gasteiger partial charge >= 0.3 is 11.8 Å². The Morgan fingerprint density at radius 3 is 2.58 bits per heavy atom. The third-order valence-corrected chi connectivity index (χ3v) is 3.37. The SMILES string of the molecule is C.CCCCC(Nc1cc(NC(=O)OCC)nc(N)c1[N+](=O)[O-])C(C)=O. The lowest BCUT2D eigenvalue weighted by Gasteiger charge is -2.18. The number of nitrogen functional groups attached to an aromatic ring is 1. The number of hydrogen-bond donors (Lipinski definition) is 3. The summed E-state index contributed by atoms with van der Waals surface area (Å²) in [5, 5.41) is 16.5. The number of amides is 1. The van der Waals surface area contributed by atoms with Crippen LogP contribution >= 0.6 is 0 Å². The molecule has 1 aromatic rings. The van der Waals surface area contributed by atoms with E-state index in [-0.39, 0.29) is 37.1 Å². The molecule has 1 unspecified atom stereocenters. The Kier molecular flexibility index (Phi) is 9.64. The molecule has 0 aliphatic heterocycles. The molecular formula is C16H27N5O5. The Morgan fingerprint density at radius 2 is 2.08 bits per heavy atom. The van der Waals surface area contributed by atoms with Gasteiger partial charge in [-0.05, 0) is 20.3 Å². The van der Waals surface area contributed by atoms with Gasteiger partial charge in [-0.15, -0.1) is 0 Å². The summed E-state index contributed by atoms with van der Waals surface area (Å²) in [5.74, 6) is -0.542. The summed E-state index contributed by atoms with van der Waals surface area (Å²) in [7, 11) is 0. The highest BCUT2D eigenvalue weighted by Crippen LogP contribution is 2.33. The number of carbonyl (C=O) groups is 2. The number of aromatic nitrogens is 1. The number of unbranched alkanes of at least 4 members (excludes halogenated alkanes) is 1. The number of ether oxygens (including phenoxy) is 1. The van der Waals surface area contributed by atoms with Crippen LogP contribution in [0, 0.1) is 10.1 Å². The molecule has 10 nitrogen and oxygen atoms in total. The van der Waals surface area contributed by atoms with Crippen LogP contribution in [0.5, 0.6) is 0 Å². The Hall–Kier alpha value is -2.91. The summed E-state index contributed by atoms with van der Waals surface area (Å²) < 4.78 is 4.74. The summed E-state index contributed by atoms with van der Waals surface area (Å²) in [5.41, 5.74) is 5.22. The van der Waals surface area contributed by atoms with Crippen molar-refractivity contribution in [2.24, 2.45) is 0 Å². The number of nitro groups is 1. The van der Waals surface area contributed by atoms with Crippen molar-refractivity contribution in [2.45, 2.75) is 53.5 Å². The minimum atomic E-state index is -0.761. The van der Waals surface area contributed by atoms with Crippen molar-refractivity contribution in [1.29, 1.82) is 0 Å². The lowest BCUT2D eigenvalue weighted by Crippen LogP contribution is -2.28. The molecule has 1 heterocycles. The van der Waals surface area contributed by atoms with E-state index in [1.807, 2.05) is 6.92 Å². The van der Waals surface area contributed by atoms with Gasteiger partial charge in [-0.25, -0.2) is 9.78 Å². The molecule has 1 aromatic heterocycles. The molecule has 0 aliphatic carbocycles. The van der Waals surface area contributed by atoms with E-state index >= 15 is 0 Å². The van der Waals surface area contributed by atoms with Crippen molar-refractivity contribution >= 4 is 34.9 Å². The Labute approximate surface area is 152 Å². The number of nitrogens with zero attached hydrogens (tertiary/aromatic N) is 2. The number of anilines is 3. The molecular weight excluding hydrogens is 342 g/mol. The Balaban J connectivity index is 0.00000625. The van der Waals surface area contributed by atoms with Gasteiger partial charge in [-0.2, -0.15) is 0 Å². The molecule has 0 bridgehead atoms. The maximum absolute atomic E-state index is 11.8. The number of nitrogens with two attached hydrogens (primary N) is 1. The van der Waals surface area contributed by atoms with Gasteiger partial charge < -0.3 is 15.8 Å². The first-order valence-electron chi connectivity index (χ1n) is 7.95. The molecule has 0 radical (unpaired) electrons. The van der Waals surface area contributed by atoms with Gasteiger partial charge in [0.05, 0.1) is 17.6 Å². The number of hydrogen-bond acceptors (Lipinski definition) is 8. The lowest BCUT2D eigenvalue weighted by molar-refractivity contribution is -0.383. The van der Waals surface area contributed by atoms with E-state index < -0.39 is 22.7 Å². The highest BCUT2D eigenvalue weighted by Gasteiger charge is 2.25. The zero-order valence-corrected chi connectivity index (χ0v) is 14.5. The van der Waals surface area contributed by atoms with Crippen LogP contribution < -0.4 is 16.4 Å². The average molecular weight is 369 g/mol. The predicted molar refractivity (Wildman–Crippen MR) is 100 cm³/mol. The van der Waals surface area contributed by atoms with Gasteiger partial charge in [0.25, 0.3) is 0 Å². The quantitative estimate of drug-likeness (QED) is 0.443. The second-order valence-electron chi connectivity index (χ2n) is 5.34. The minimum absolute atomic E-state index is 0. The summed E-state index contributed by atoms with van der Waals surface area (Å²) >= 11 is 0. The summed E-state index contributed by atoms with van der Waals surface area (Å²) in [6.45, 7) is 5.17. The van der Waals surface area contributed by atoms with Crippen molar-refractivity contribution in [1.82, 2.24) is 4.98 Å². The van der Waals surface area contributed by atoms with E-state index in [0.717, 1.165) is 12.8 Å². The largest absolute Gasteiger partial charge is 0.450 e. The van der Waals surface area contributed by atoms with Gasteiger partial charge in [-0.1, -0.05) is 27.2 Å². The predicted octanol–water partition coefficient (Wildman–Crippen LogP) is 3.34. The van der Waals surface area contributed by atoms with Crippen LogP contribution in [0.1, 0.15) is 47.5 Å². The topological polar surface area (TPSA) is 149 Å². The third-order valence-electron chi connectivity index (χ3n) is 3.37. The van der Waals surface area contributed by atoms with Crippen molar-refractivity contribution < 1.29 is 19.2 Å². The highest BCUT2D eigenvalue weighted by atomic mass is 16.6. The number of nitrogens with one attached hydrogen (secondary N) is 2. The molecule has 0 saturated heterocycles. The zero-order valence-electron chi connectivity index (χ0n) is 14.5. The molecule has 26 heavy (non-hydrogen) atoms. The highest BCUT2D eigenvalue weighted by molar-refractivity contribution is 5.89. The standard InChI is InChI=1S/C15H23N5O5.CH4/c1-4-6-7-10(9(3)21)17-11-8-12(19-15(22)25-5-2)18-14(16)13(11)20(23)24;/h8,10H,4-7H2,1-3H3,(H4,16,17,18,19,22);1H4. The zero-order chi connectivity index (χ0) is 19.0. The lowest BCUT2D eigenvalue weighted by atomic mass is 10.1. The first kappa shape index (κ1) is 23.1.